The molecule has 5 aromatic rings. The molecule has 0 saturated carbocycles. The van der Waals surface area contributed by atoms with Gasteiger partial charge in [0.05, 0.1) is 21.6 Å². The van der Waals surface area contributed by atoms with Crippen LogP contribution >= 0.6 is 23.2 Å². The molecule has 0 saturated heterocycles. The molecule has 2 N–H and O–H groups in total. The number of rotatable bonds is 5. The molecule has 0 aliphatic rings. The third-order valence-corrected chi connectivity index (χ3v) is 6.10. The standard InChI is InChI=1S/C27H18Cl2N2O3/c1-15-5-10-20(12-21(15)26(32)33)34-27-30-24-13-22(23(29)14-25(24)31-27)17-8-6-16(7-9-17)18-3-2-4-19(28)11-18/h2-14H,1H3,(H,30,31)(H,32,33). The van der Waals surface area contributed by atoms with Crippen LogP contribution in [-0.2, 0) is 0 Å². The molecular formula is C27H18Cl2N2O3. The zero-order valence-corrected chi connectivity index (χ0v) is 19.5. The first-order valence-electron chi connectivity index (χ1n) is 10.4. The van der Waals surface area contributed by atoms with Crippen LogP contribution < -0.4 is 4.74 Å². The summed E-state index contributed by atoms with van der Waals surface area (Å²) in [5, 5.41) is 10.6. The quantitative estimate of drug-likeness (QED) is 0.262. The van der Waals surface area contributed by atoms with Crippen LogP contribution in [0.5, 0.6) is 11.8 Å². The molecule has 0 bridgehead atoms. The summed E-state index contributed by atoms with van der Waals surface area (Å²) in [7, 11) is 0. The zero-order valence-electron chi connectivity index (χ0n) is 18.0. The minimum absolute atomic E-state index is 0.181. The van der Waals surface area contributed by atoms with E-state index < -0.39 is 5.97 Å². The van der Waals surface area contributed by atoms with Gasteiger partial charge in [0, 0.05) is 10.6 Å². The summed E-state index contributed by atoms with van der Waals surface area (Å²) >= 11 is 12.7. The molecule has 0 amide bonds. The van der Waals surface area contributed by atoms with Gasteiger partial charge in [0.1, 0.15) is 5.75 Å². The lowest BCUT2D eigenvalue weighted by Gasteiger charge is -2.07. The van der Waals surface area contributed by atoms with Crippen LogP contribution in [0.2, 0.25) is 10.0 Å². The monoisotopic (exact) mass is 488 g/mol. The van der Waals surface area contributed by atoms with Crippen LogP contribution in [0.4, 0.5) is 0 Å². The van der Waals surface area contributed by atoms with Gasteiger partial charge in [-0.1, -0.05) is 65.7 Å². The minimum Gasteiger partial charge on any atom is -0.478 e. The molecule has 34 heavy (non-hydrogen) atoms. The van der Waals surface area contributed by atoms with E-state index in [1.165, 1.54) is 6.07 Å². The number of aromatic carboxylic acids is 1. The second-order valence-corrected chi connectivity index (χ2v) is 8.71. The van der Waals surface area contributed by atoms with Crippen molar-refractivity contribution in [3.63, 3.8) is 0 Å². The van der Waals surface area contributed by atoms with Gasteiger partial charge < -0.3 is 14.8 Å². The molecular weight excluding hydrogens is 471 g/mol. The first-order chi connectivity index (χ1) is 16.4. The number of aromatic amines is 1. The number of H-pyrrole nitrogens is 1. The molecule has 1 aromatic heterocycles. The Balaban J connectivity index is 1.45. The van der Waals surface area contributed by atoms with E-state index in [0.29, 0.717) is 32.4 Å². The van der Waals surface area contributed by atoms with Crippen molar-refractivity contribution in [2.45, 2.75) is 6.92 Å². The van der Waals surface area contributed by atoms with Crippen molar-refractivity contribution in [2.75, 3.05) is 0 Å². The summed E-state index contributed by atoms with van der Waals surface area (Å²) in [6.07, 6.45) is 0. The second-order valence-electron chi connectivity index (χ2n) is 7.86. The van der Waals surface area contributed by atoms with Crippen molar-refractivity contribution >= 4 is 40.2 Å². The SMILES string of the molecule is Cc1ccc(Oc2nc3cc(-c4ccc(-c5cccc(Cl)c5)cc4)c(Cl)cc3[nH]2)cc1C(=O)O. The van der Waals surface area contributed by atoms with E-state index in [1.807, 2.05) is 54.6 Å². The summed E-state index contributed by atoms with van der Waals surface area (Å²) in [5.74, 6) is -0.629. The minimum atomic E-state index is -1.01. The molecule has 4 aromatic carbocycles. The maximum absolute atomic E-state index is 11.4. The number of nitrogens with one attached hydrogen (secondary N) is 1. The number of nitrogens with zero attached hydrogens (tertiary/aromatic N) is 1. The molecule has 5 nitrogen and oxygen atoms in total. The van der Waals surface area contributed by atoms with Crippen LogP contribution in [-0.4, -0.2) is 21.0 Å². The number of aromatic nitrogens is 2. The molecule has 0 aliphatic heterocycles. The number of benzene rings is 4. The van der Waals surface area contributed by atoms with Crippen LogP contribution in [0.25, 0.3) is 33.3 Å². The first kappa shape index (κ1) is 22.0. The number of fused-ring (bicyclic) bond motifs is 1. The number of imidazole rings is 1. The lowest BCUT2D eigenvalue weighted by Crippen LogP contribution is -2.00. The predicted molar refractivity (Wildman–Crippen MR) is 135 cm³/mol. The molecule has 0 atom stereocenters. The van der Waals surface area contributed by atoms with E-state index >= 15 is 0 Å². The number of hydrogen-bond donors (Lipinski definition) is 2. The summed E-state index contributed by atoms with van der Waals surface area (Å²) in [5.41, 5.74) is 6.11. The predicted octanol–water partition coefficient (Wildman–Crippen LogP) is 8.00. The normalized spacial score (nSPS) is 11.0. The highest BCUT2D eigenvalue weighted by Crippen LogP contribution is 2.34. The largest absolute Gasteiger partial charge is 0.478 e. The Kier molecular flexibility index (Phi) is 5.74. The fourth-order valence-electron chi connectivity index (χ4n) is 3.79. The van der Waals surface area contributed by atoms with E-state index in [9.17, 15) is 9.90 Å². The third-order valence-electron chi connectivity index (χ3n) is 5.56. The smallest absolute Gasteiger partial charge is 0.336 e. The maximum atomic E-state index is 11.4. The van der Waals surface area contributed by atoms with E-state index in [4.69, 9.17) is 27.9 Å². The second kappa shape index (κ2) is 8.86. The van der Waals surface area contributed by atoms with E-state index in [0.717, 1.165) is 22.3 Å². The van der Waals surface area contributed by atoms with Gasteiger partial charge in [-0.2, -0.15) is 4.98 Å². The number of aryl methyl sites for hydroxylation is 1. The van der Waals surface area contributed by atoms with E-state index in [1.54, 1.807) is 25.1 Å². The number of halogens is 2. The van der Waals surface area contributed by atoms with Gasteiger partial charge in [0.2, 0.25) is 0 Å². The number of carbonyl (C=O) groups is 1. The average Bonchev–Trinajstić information content (AvgIpc) is 3.20. The average molecular weight is 489 g/mol. The van der Waals surface area contributed by atoms with Crippen molar-refractivity contribution in [1.82, 2.24) is 9.97 Å². The molecule has 0 spiro atoms. The van der Waals surface area contributed by atoms with Crippen molar-refractivity contribution in [3.8, 4) is 34.0 Å². The highest BCUT2D eigenvalue weighted by atomic mass is 35.5. The molecule has 0 unspecified atom stereocenters. The van der Waals surface area contributed by atoms with Crippen LogP contribution in [0.3, 0.4) is 0 Å². The van der Waals surface area contributed by atoms with Gasteiger partial charge in [-0.05, 0) is 65.6 Å². The first-order valence-corrected chi connectivity index (χ1v) is 11.2. The summed E-state index contributed by atoms with van der Waals surface area (Å²) in [6.45, 7) is 1.74. The van der Waals surface area contributed by atoms with Gasteiger partial charge >= 0.3 is 5.97 Å². The summed E-state index contributed by atoms with van der Waals surface area (Å²) < 4.78 is 5.79. The fourth-order valence-corrected chi connectivity index (χ4v) is 4.26. The molecule has 168 valence electrons. The van der Waals surface area contributed by atoms with Crippen LogP contribution in [0.15, 0.2) is 78.9 Å². The van der Waals surface area contributed by atoms with Crippen LogP contribution in [0.1, 0.15) is 15.9 Å². The Morgan fingerprint density at radius 2 is 1.68 bits per heavy atom. The number of carboxylic acid groups (broad SMARTS) is 1. The summed E-state index contributed by atoms with van der Waals surface area (Å²) in [6, 6.07) is 24.6. The van der Waals surface area contributed by atoms with Gasteiger partial charge in [-0.3, -0.25) is 0 Å². The highest BCUT2D eigenvalue weighted by molar-refractivity contribution is 6.34. The van der Waals surface area contributed by atoms with Gasteiger partial charge in [-0.15, -0.1) is 0 Å². The zero-order chi connectivity index (χ0) is 23.8. The molecule has 0 radical (unpaired) electrons. The Labute approximate surface area is 205 Å². The van der Waals surface area contributed by atoms with E-state index in [-0.39, 0.29) is 11.6 Å². The third kappa shape index (κ3) is 4.36. The van der Waals surface area contributed by atoms with Crippen molar-refractivity contribution in [3.05, 3.63) is 100 Å². The highest BCUT2D eigenvalue weighted by Gasteiger charge is 2.13. The molecule has 0 fully saturated rings. The summed E-state index contributed by atoms with van der Waals surface area (Å²) in [4.78, 5) is 19.0. The lowest BCUT2D eigenvalue weighted by atomic mass is 10.00. The topological polar surface area (TPSA) is 75.2 Å². The molecule has 1 heterocycles. The van der Waals surface area contributed by atoms with Gasteiger partial charge in [0.15, 0.2) is 0 Å². The van der Waals surface area contributed by atoms with Crippen molar-refractivity contribution in [2.24, 2.45) is 0 Å². The fraction of sp³-hybridized carbons (Fsp3) is 0.0370. The number of ether oxygens (including phenoxy) is 1. The van der Waals surface area contributed by atoms with Crippen molar-refractivity contribution < 1.29 is 14.6 Å². The number of hydrogen-bond acceptors (Lipinski definition) is 3. The van der Waals surface area contributed by atoms with Crippen molar-refractivity contribution in [1.29, 1.82) is 0 Å². The lowest BCUT2D eigenvalue weighted by molar-refractivity contribution is 0.0695. The Hall–Kier alpha value is -3.80. The Morgan fingerprint density at radius 3 is 2.41 bits per heavy atom. The molecule has 7 heteroatoms. The van der Waals surface area contributed by atoms with Gasteiger partial charge in [-0.25, -0.2) is 4.79 Å². The van der Waals surface area contributed by atoms with E-state index in [2.05, 4.69) is 9.97 Å². The Bertz CT molecular complexity index is 1540. The molecule has 0 aliphatic carbocycles. The Morgan fingerprint density at radius 1 is 0.912 bits per heavy atom. The maximum Gasteiger partial charge on any atom is 0.336 e. The van der Waals surface area contributed by atoms with Gasteiger partial charge in [0.25, 0.3) is 6.01 Å². The number of carboxylic acids is 1. The molecule has 5 rings (SSSR count). The van der Waals surface area contributed by atoms with Crippen LogP contribution in [0, 0.1) is 6.92 Å².